The second-order valence-corrected chi connectivity index (χ2v) is 6.79. The Morgan fingerprint density at radius 2 is 1.96 bits per heavy atom. The average molecular weight is 315 g/mol. The first-order valence-corrected chi connectivity index (χ1v) is 8.27. The number of methoxy groups -OCH3 is 1. The number of benzene rings is 1. The van der Waals surface area contributed by atoms with Crippen LogP contribution in [-0.4, -0.2) is 44.5 Å². The Morgan fingerprint density at radius 3 is 2.74 bits per heavy atom. The van der Waals surface area contributed by atoms with Crippen LogP contribution >= 0.6 is 0 Å². The molecule has 1 aromatic rings. The zero-order valence-corrected chi connectivity index (χ0v) is 13.5. The Labute approximate surface area is 135 Å². The fraction of sp³-hybridized carbons (Fsp3) is 0.556. The Bertz CT molecular complexity index is 686. The first kappa shape index (κ1) is 13.8. The third-order valence-electron chi connectivity index (χ3n) is 5.66. The predicted octanol–water partition coefficient (Wildman–Crippen LogP) is 2.58. The second-order valence-electron chi connectivity index (χ2n) is 6.79. The van der Waals surface area contributed by atoms with Gasteiger partial charge in [0.1, 0.15) is 0 Å². The smallest absolute Gasteiger partial charge is 0.231 e. The van der Waals surface area contributed by atoms with Gasteiger partial charge >= 0.3 is 0 Å². The second kappa shape index (κ2) is 4.97. The van der Waals surface area contributed by atoms with Crippen molar-refractivity contribution in [2.24, 2.45) is 0 Å². The fourth-order valence-corrected chi connectivity index (χ4v) is 4.61. The largest absolute Gasteiger partial charge is 0.454 e. The molecule has 0 N–H and O–H groups in total. The molecule has 122 valence electrons. The van der Waals surface area contributed by atoms with Crippen LogP contribution in [0.15, 0.2) is 23.8 Å². The van der Waals surface area contributed by atoms with Crippen LogP contribution in [0.25, 0.3) is 0 Å². The summed E-state index contributed by atoms with van der Waals surface area (Å²) in [5.41, 5.74) is 3.93. The molecule has 0 amide bonds. The van der Waals surface area contributed by atoms with Gasteiger partial charge in [-0.25, -0.2) is 0 Å². The molecule has 1 aliphatic carbocycles. The van der Waals surface area contributed by atoms with Gasteiger partial charge in [-0.15, -0.1) is 0 Å². The van der Waals surface area contributed by atoms with E-state index < -0.39 is 0 Å². The Hall–Kier alpha value is -1.56. The molecule has 0 radical (unpaired) electrons. The molecule has 0 unspecified atom stereocenters. The third-order valence-corrected chi connectivity index (χ3v) is 5.66. The number of hydrogen-bond acceptors (Lipinski definition) is 5. The van der Waals surface area contributed by atoms with Gasteiger partial charge in [-0.1, -0.05) is 11.6 Å². The molecule has 4 aliphatic rings. The van der Waals surface area contributed by atoms with E-state index in [1.807, 2.05) is 6.07 Å². The van der Waals surface area contributed by atoms with Crippen LogP contribution in [0.1, 0.15) is 36.2 Å². The Morgan fingerprint density at radius 1 is 1.17 bits per heavy atom. The number of fused-ring (bicyclic) bond motifs is 6. The van der Waals surface area contributed by atoms with Gasteiger partial charge in [0.2, 0.25) is 6.79 Å². The Balaban J connectivity index is 1.67. The number of rotatable bonds is 1. The van der Waals surface area contributed by atoms with Crippen LogP contribution in [-0.2, 0) is 9.47 Å². The quantitative estimate of drug-likeness (QED) is 0.745. The lowest BCUT2D eigenvalue weighted by Gasteiger charge is -2.44. The van der Waals surface area contributed by atoms with E-state index >= 15 is 0 Å². The van der Waals surface area contributed by atoms with Crippen molar-refractivity contribution < 1.29 is 18.9 Å². The molecule has 3 heterocycles. The maximum absolute atomic E-state index is 6.29. The molecule has 23 heavy (non-hydrogen) atoms. The normalized spacial score (nSPS) is 34.6. The fourth-order valence-electron chi connectivity index (χ4n) is 4.61. The molecule has 1 fully saturated rings. The molecule has 0 bridgehead atoms. The summed E-state index contributed by atoms with van der Waals surface area (Å²) in [5, 5.41) is 0. The first-order chi connectivity index (χ1) is 11.3. The monoisotopic (exact) mass is 315 g/mol. The van der Waals surface area contributed by atoms with E-state index in [4.69, 9.17) is 18.9 Å². The number of ether oxygens (including phenoxy) is 4. The van der Waals surface area contributed by atoms with Crippen molar-refractivity contribution in [3.63, 3.8) is 0 Å². The molecule has 0 saturated carbocycles. The minimum atomic E-state index is -0.331. The third kappa shape index (κ3) is 1.90. The molecular weight excluding hydrogens is 294 g/mol. The number of hydrogen-bond donors (Lipinski definition) is 0. The van der Waals surface area contributed by atoms with E-state index in [2.05, 4.69) is 24.1 Å². The highest BCUT2D eigenvalue weighted by molar-refractivity contribution is 5.53. The number of nitrogens with zero attached hydrogens (tertiary/aromatic N) is 1. The lowest BCUT2D eigenvalue weighted by molar-refractivity contribution is -0.179. The van der Waals surface area contributed by atoms with E-state index in [0.29, 0.717) is 18.8 Å². The molecule has 5 heteroatoms. The van der Waals surface area contributed by atoms with Crippen LogP contribution in [0.4, 0.5) is 0 Å². The van der Waals surface area contributed by atoms with Gasteiger partial charge in [0, 0.05) is 31.2 Å². The molecule has 4 atom stereocenters. The van der Waals surface area contributed by atoms with Crippen LogP contribution < -0.4 is 9.47 Å². The maximum Gasteiger partial charge on any atom is 0.231 e. The van der Waals surface area contributed by atoms with Gasteiger partial charge in [0.15, 0.2) is 17.8 Å². The highest BCUT2D eigenvalue weighted by atomic mass is 16.7. The number of likely N-dealkylation sites (tertiary alicyclic amines) is 1. The van der Waals surface area contributed by atoms with Gasteiger partial charge in [-0.05, 0) is 37.6 Å². The van der Waals surface area contributed by atoms with Crippen molar-refractivity contribution in [3.8, 4) is 11.5 Å². The van der Waals surface area contributed by atoms with Crippen molar-refractivity contribution >= 4 is 0 Å². The zero-order valence-electron chi connectivity index (χ0n) is 13.5. The highest BCUT2D eigenvalue weighted by Crippen LogP contribution is 2.51. The predicted molar refractivity (Wildman–Crippen MR) is 83.7 cm³/mol. The SMILES string of the molecule is CO[C@H]1O[C@@H]2CC=C3CCN(C)[C@H]3[C@@H]2c2cc3c(cc21)OCO3. The molecule has 1 aromatic carbocycles. The standard InChI is InChI=1S/C18H21NO4/c1-19-6-5-10-3-4-13-16(17(10)19)11-7-14-15(22-9-21-14)8-12(11)18(20-2)23-13/h3,7-8,13,16-18H,4-6,9H2,1-2H3/t13-,16-,17-,18+/m1/s1. The van der Waals surface area contributed by atoms with E-state index in [1.165, 1.54) is 5.56 Å². The van der Waals surface area contributed by atoms with Crippen molar-refractivity contribution in [1.82, 2.24) is 4.90 Å². The van der Waals surface area contributed by atoms with Gasteiger partial charge in [0.25, 0.3) is 0 Å². The van der Waals surface area contributed by atoms with Crippen molar-refractivity contribution in [2.75, 3.05) is 27.5 Å². The molecule has 5 nitrogen and oxygen atoms in total. The zero-order chi connectivity index (χ0) is 15.6. The van der Waals surface area contributed by atoms with Gasteiger partial charge in [0.05, 0.1) is 6.10 Å². The van der Waals surface area contributed by atoms with Crippen molar-refractivity contribution in [2.45, 2.75) is 37.2 Å². The summed E-state index contributed by atoms with van der Waals surface area (Å²) in [6.45, 7) is 1.41. The van der Waals surface area contributed by atoms with Gasteiger partial charge < -0.3 is 18.9 Å². The molecule has 5 rings (SSSR count). The van der Waals surface area contributed by atoms with Crippen LogP contribution in [0.2, 0.25) is 0 Å². The molecular formula is C18H21NO4. The van der Waals surface area contributed by atoms with Crippen molar-refractivity contribution in [3.05, 3.63) is 34.9 Å². The van der Waals surface area contributed by atoms with Crippen LogP contribution in [0.5, 0.6) is 11.5 Å². The highest BCUT2D eigenvalue weighted by Gasteiger charge is 2.47. The molecule has 3 aliphatic heterocycles. The van der Waals surface area contributed by atoms with Crippen LogP contribution in [0, 0.1) is 0 Å². The molecule has 0 spiro atoms. The lowest BCUT2D eigenvalue weighted by atomic mass is 9.74. The maximum atomic E-state index is 6.29. The van der Waals surface area contributed by atoms with Gasteiger partial charge in [-0.2, -0.15) is 0 Å². The van der Waals surface area contributed by atoms with E-state index in [-0.39, 0.29) is 12.4 Å². The topological polar surface area (TPSA) is 40.2 Å². The summed E-state index contributed by atoms with van der Waals surface area (Å²) < 4.78 is 23.1. The van der Waals surface area contributed by atoms with Crippen molar-refractivity contribution in [1.29, 1.82) is 0 Å². The minimum absolute atomic E-state index is 0.155. The van der Waals surface area contributed by atoms with Crippen LogP contribution in [0.3, 0.4) is 0 Å². The number of likely N-dealkylation sites (N-methyl/N-ethyl adjacent to an activating group) is 1. The average Bonchev–Trinajstić information content (AvgIpc) is 3.18. The molecule has 0 aromatic heterocycles. The van der Waals surface area contributed by atoms with E-state index in [0.717, 1.165) is 36.4 Å². The summed E-state index contributed by atoms with van der Waals surface area (Å²) in [6.07, 6.45) is 4.32. The van der Waals surface area contributed by atoms with E-state index in [1.54, 1.807) is 12.7 Å². The summed E-state index contributed by atoms with van der Waals surface area (Å²) in [6, 6.07) is 4.61. The minimum Gasteiger partial charge on any atom is -0.454 e. The summed E-state index contributed by atoms with van der Waals surface area (Å²) in [5.74, 6) is 1.97. The molecule has 1 saturated heterocycles. The van der Waals surface area contributed by atoms with Gasteiger partial charge in [-0.3, -0.25) is 4.90 Å². The lowest BCUT2D eigenvalue weighted by Crippen LogP contribution is -2.45. The summed E-state index contributed by atoms with van der Waals surface area (Å²) in [4.78, 5) is 2.45. The first-order valence-electron chi connectivity index (χ1n) is 8.27. The van der Waals surface area contributed by atoms with E-state index in [9.17, 15) is 0 Å². The summed E-state index contributed by atoms with van der Waals surface area (Å²) in [7, 11) is 3.91. The summed E-state index contributed by atoms with van der Waals surface area (Å²) >= 11 is 0. The Kier molecular flexibility index (Phi) is 2.99.